The van der Waals surface area contributed by atoms with Crippen LogP contribution in [-0.4, -0.2) is 36.9 Å². The average Bonchev–Trinajstić information content (AvgIpc) is 2.84. The highest BCUT2D eigenvalue weighted by Crippen LogP contribution is 2.26. The van der Waals surface area contributed by atoms with Crippen LogP contribution in [0.4, 0.5) is 5.69 Å². The number of ether oxygens (including phenoxy) is 1. The fourth-order valence-corrected chi connectivity index (χ4v) is 4.37. The van der Waals surface area contributed by atoms with Crippen LogP contribution in [0.15, 0.2) is 53.5 Å². The van der Waals surface area contributed by atoms with Gasteiger partial charge in [0.15, 0.2) is 0 Å². The van der Waals surface area contributed by atoms with E-state index in [1.807, 2.05) is 55.5 Å². The molecule has 2 aromatic rings. The molecule has 0 saturated carbocycles. The summed E-state index contributed by atoms with van der Waals surface area (Å²) in [5.74, 6) is 6.25. The molecule has 3 rings (SSSR count). The monoisotopic (exact) mass is 515 g/mol. The van der Waals surface area contributed by atoms with Crippen molar-refractivity contribution in [3.05, 3.63) is 65.2 Å². The molecule has 1 atom stereocenters. The van der Waals surface area contributed by atoms with Crippen LogP contribution >= 0.6 is 0 Å². The number of carbonyl (C=O) groups excluding carboxylic acids is 2. The summed E-state index contributed by atoms with van der Waals surface area (Å²) in [5, 5.41) is 3.30. The standard InChI is InChI=1S/C32H41N3O3/c1-6-18-32(5,22-30(37)38-21-19-31(2,3)4)34-24-33-20-17-29(36)35-23-27-13-8-7-11-25(27)15-16-26-12-9-10-14-28(26)35/h7-14,24H,6,17-23H2,1-5H3,(H,33,34). The molecular weight excluding hydrogens is 474 g/mol. The smallest absolute Gasteiger partial charge is 0.308 e. The van der Waals surface area contributed by atoms with Crippen LogP contribution in [-0.2, 0) is 20.9 Å². The fraction of sp³-hybridized carbons (Fsp3) is 0.469. The van der Waals surface area contributed by atoms with Gasteiger partial charge in [-0.05, 0) is 48.9 Å². The number of fused-ring (bicyclic) bond motifs is 2. The molecule has 202 valence electrons. The van der Waals surface area contributed by atoms with Crippen molar-refractivity contribution in [3.63, 3.8) is 0 Å². The Hall–Kier alpha value is -3.59. The molecule has 1 unspecified atom stereocenters. The van der Waals surface area contributed by atoms with Crippen LogP contribution in [0.3, 0.4) is 0 Å². The minimum Gasteiger partial charge on any atom is -0.466 e. The molecule has 0 bridgehead atoms. The van der Waals surface area contributed by atoms with Gasteiger partial charge in [0, 0.05) is 29.6 Å². The third-order valence-electron chi connectivity index (χ3n) is 6.58. The first kappa shape index (κ1) is 29.0. The summed E-state index contributed by atoms with van der Waals surface area (Å²) in [4.78, 5) is 32.0. The van der Waals surface area contributed by atoms with E-state index >= 15 is 0 Å². The number of nitrogens with zero attached hydrogens (tertiary/aromatic N) is 2. The molecule has 0 radical (unpaired) electrons. The van der Waals surface area contributed by atoms with Gasteiger partial charge in [0.25, 0.3) is 0 Å². The first-order valence-electron chi connectivity index (χ1n) is 13.5. The van der Waals surface area contributed by atoms with Crippen molar-refractivity contribution in [1.82, 2.24) is 5.32 Å². The zero-order valence-corrected chi connectivity index (χ0v) is 23.5. The first-order valence-corrected chi connectivity index (χ1v) is 13.5. The van der Waals surface area contributed by atoms with Gasteiger partial charge in [-0.2, -0.15) is 0 Å². The number of carbonyl (C=O) groups is 2. The van der Waals surface area contributed by atoms with Gasteiger partial charge in [-0.1, -0.05) is 76.3 Å². The quantitative estimate of drug-likeness (QED) is 0.176. The Morgan fingerprint density at radius 2 is 1.71 bits per heavy atom. The van der Waals surface area contributed by atoms with Crippen molar-refractivity contribution < 1.29 is 14.3 Å². The fourth-order valence-electron chi connectivity index (χ4n) is 4.37. The van der Waals surface area contributed by atoms with E-state index in [-0.39, 0.29) is 30.1 Å². The summed E-state index contributed by atoms with van der Waals surface area (Å²) >= 11 is 0. The normalized spacial score (nSPS) is 14.3. The number of esters is 1. The van der Waals surface area contributed by atoms with Crippen molar-refractivity contribution in [2.45, 2.75) is 78.8 Å². The molecule has 0 aromatic heterocycles. The molecular formula is C32H41N3O3. The number of para-hydroxylation sites is 1. The number of benzene rings is 2. The molecule has 1 amide bonds. The van der Waals surface area contributed by atoms with E-state index in [2.05, 4.69) is 49.8 Å². The van der Waals surface area contributed by atoms with Crippen LogP contribution in [0.5, 0.6) is 0 Å². The lowest BCUT2D eigenvalue weighted by molar-refractivity contribution is -0.145. The van der Waals surface area contributed by atoms with Crippen LogP contribution in [0.25, 0.3) is 0 Å². The largest absolute Gasteiger partial charge is 0.466 e. The van der Waals surface area contributed by atoms with Crippen LogP contribution in [0, 0.1) is 17.3 Å². The number of hydrogen-bond acceptors (Lipinski definition) is 4. The van der Waals surface area contributed by atoms with Gasteiger partial charge >= 0.3 is 5.97 Å². The summed E-state index contributed by atoms with van der Waals surface area (Å²) in [6.45, 7) is 11.7. The highest BCUT2D eigenvalue weighted by Gasteiger charge is 2.27. The molecule has 6 nitrogen and oxygen atoms in total. The zero-order chi connectivity index (χ0) is 27.6. The van der Waals surface area contributed by atoms with Crippen molar-refractivity contribution in [3.8, 4) is 11.8 Å². The number of anilines is 1. The summed E-state index contributed by atoms with van der Waals surface area (Å²) in [6, 6.07) is 15.7. The minimum absolute atomic E-state index is 0.00755. The van der Waals surface area contributed by atoms with E-state index in [1.54, 1.807) is 11.2 Å². The number of amides is 1. The Kier molecular flexibility index (Phi) is 10.1. The van der Waals surface area contributed by atoms with Crippen LogP contribution in [0.1, 0.15) is 83.4 Å². The number of hydrogen-bond donors (Lipinski definition) is 1. The Morgan fingerprint density at radius 1 is 1.03 bits per heavy atom. The summed E-state index contributed by atoms with van der Waals surface area (Å²) in [6.07, 6.45) is 4.71. The van der Waals surface area contributed by atoms with Gasteiger partial charge in [0.05, 0.1) is 31.6 Å². The SMILES string of the molecule is CCCC(C)(CC(=O)OCCC(C)(C)C)NC=NCCC(=O)N1Cc2ccccc2C#Cc2ccccc21. The van der Waals surface area contributed by atoms with E-state index in [0.29, 0.717) is 19.7 Å². The molecule has 0 saturated heterocycles. The van der Waals surface area contributed by atoms with E-state index in [0.717, 1.165) is 41.6 Å². The summed E-state index contributed by atoms with van der Waals surface area (Å²) < 4.78 is 5.48. The Bertz CT molecular complexity index is 1200. The van der Waals surface area contributed by atoms with E-state index in [1.165, 1.54) is 0 Å². The Balaban J connectivity index is 1.59. The lowest BCUT2D eigenvalue weighted by Gasteiger charge is -2.29. The second-order valence-corrected chi connectivity index (χ2v) is 11.4. The van der Waals surface area contributed by atoms with E-state index < -0.39 is 5.54 Å². The van der Waals surface area contributed by atoms with Gasteiger partial charge < -0.3 is 15.0 Å². The van der Waals surface area contributed by atoms with Gasteiger partial charge in [-0.3, -0.25) is 14.6 Å². The first-order chi connectivity index (χ1) is 18.1. The highest BCUT2D eigenvalue weighted by atomic mass is 16.5. The molecule has 1 aliphatic heterocycles. The summed E-state index contributed by atoms with van der Waals surface area (Å²) in [5.41, 5.74) is 3.30. The average molecular weight is 516 g/mol. The minimum atomic E-state index is -0.453. The third-order valence-corrected chi connectivity index (χ3v) is 6.58. The number of nitrogens with one attached hydrogen (secondary N) is 1. The second-order valence-electron chi connectivity index (χ2n) is 11.4. The van der Waals surface area contributed by atoms with Gasteiger partial charge in [0.2, 0.25) is 5.91 Å². The molecule has 2 aromatic carbocycles. The highest BCUT2D eigenvalue weighted by molar-refractivity contribution is 5.95. The van der Waals surface area contributed by atoms with Crippen molar-refractivity contribution >= 4 is 23.9 Å². The van der Waals surface area contributed by atoms with Crippen molar-refractivity contribution in [2.75, 3.05) is 18.1 Å². The molecule has 1 N–H and O–H groups in total. The maximum atomic E-state index is 13.3. The van der Waals surface area contributed by atoms with Gasteiger partial charge in [-0.15, -0.1) is 0 Å². The molecule has 1 heterocycles. The molecule has 0 fully saturated rings. The zero-order valence-electron chi connectivity index (χ0n) is 23.5. The lowest BCUT2D eigenvalue weighted by atomic mass is 9.92. The maximum Gasteiger partial charge on any atom is 0.308 e. The third kappa shape index (κ3) is 8.76. The number of aliphatic imine (C=N–C) groups is 1. The molecule has 1 aliphatic rings. The van der Waals surface area contributed by atoms with Crippen LogP contribution in [0.2, 0.25) is 0 Å². The van der Waals surface area contributed by atoms with Crippen LogP contribution < -0.4 is 10.2 Å². The van der Waals surface area contributed by atoms with Crippen molar-refractivity contribution in [1.29, 1.82) is 0 Å². The maximum absolute atomic E-state index is 13.3. The van der Waals surface area contributed by atoms with Crippen molar-refractivity contribution in [2.24, 2.45) is 10.4 Å². The predicted octanol–water partition coefficient (Wildman–Crippen LogP) is 5.87. The molecule has 0 spiro atoms. The molecule has 0 aliphatic carbocycles. The lowest BCUT2D eigenvalue weighted by Crippen LogP contribution is -2.43. The topological polar surface area (TPSA) is 71.0 Å². The Morgan fingerprint density at radius 3 is 2.45 bits per heavy atom. The van der Waals surface area contributed by atoms with Gasteiger partial charge in [0.1, 0.15) is 0 Å². The second kappa shape index (κ2) is 13.3. The molecule has 6 heteroatoms. The van der Waals surface area contributed by atoms with E-state index in [4.69, 9.17) is 4.74 Å². The Labute approximate surface area is 227 Å². The predicted molar refractivity (Wildman–Crippen MR) is 154 cm³/mol. The summed E-state index contributed by atoms with van der Waals surface area (Å²) in [7, 11) is 0. The van der Waals surface area contributed by atoms with Gasteiger partial charge in [-0.25, -0.2) is 0 Å². The van der Waals surface area contributed by atoms with E-state index in [9.17, 15) is 9.59 Å². The molecule has 38 heavy (non-hydrogen) atoms. The number of rotatable bonds is 11.